The molecule has 0 aromatic carbocycles. The molecule has 0 saturated heterocycles. The molecule has 1 aliphatic carbocycles. The molecular formula is C12H13N3O. The van der Waals surface area contributed by atoms with Gasteiger partial charge in [-0.25, -0.2) is 4.52 Å². The van der Waals surface area contributed by atoms with Crippen LogP contribution in [0.25, 0.3) is 5.52 Å². The molecule has 0 radical (unpaired) electrons. The van der Waals surface area contributed by atoms with Gasteiger partial charge < -0.3 is 5.32 Å². The summed E-state index contributed by atoms with van der Waals surface area (Å²) in [5, 5.41) is 7.08. The zero-order valence-corrected chi connectivity index (χ0v) is 8.89. The molecule has 2 aromatic heterocycles. The molecule has 0 atom stereocenters. The van der Waals surface area contributed by atoms with E-state index in [2.05, 4.69) is 10.4 Å². The van der Waals surface area contributed by atoms with Crippen molar-refractivity contribution in [2.45, 2.75) is 19.3 Å². The molecule has 1 amide bonds. The summed E-state index contributed by atoms with van der Waals surface area (Å²) in [4.78, 5) is 11.7. The molecule has 0 unspecified atom stereocenters. The smallest absolute Gasteiger partial charge is 0.224 e. The summed E-state index contributed by atoms with van der Waals surface area (Å²) in [5.41, 5.74) is 1.73. The third-order valence-corrected chi connectivity index (χ3v) is 2.87. The van der Waals surface area contributed by atoms with E-state index >= 15 is 0 Å². The molecule has 1 aliphatic rings. The Balaban J connectivity index is 1.80. The molecule has 1 fully saturated rings. The zero-order chi connectivity index (χ0) is 11.0. The van der Waals surface area contributed by atoms with Crippen LogP contribution >= 0.6 is 0 Å². The van der Waals surface area contributed by atoms with Crippen LogP contribution in [0.1, 0.15) is 19.3 Å². The third-order valence-electron chi connectivity index (χ3n) is 2.87. The molecule has 82 valence electrons. The SMILES string of the molecule is O=C(CC1CC1)Nc1cnn2ccccc12. The average Bonchev–Trinajstić information content (AvgIpc) is 3.00. The fraction of sp³-hybridized carbons (Fsp3) is 0.333. The fourth-order valence-corrected chi connectivity index (χ4v) is 1.82. The molecule has 3 rings (SSSR count). The summed E-state index contributed by atoms with van der Waals surface area (Å²) >= 11 is 0. The number of pyridine rings is 1. The molecule has 0 spiro atoms. The van der Waals surface area contributed by atoms with Crippen molar-refractivity contribution in [3.63, 3.8) is 0 Å². The maximum atomic E-state index is 11.7. The summed E-state index contributed by atoms with van der Waals surface area (Å²) in [6.45, 7) is 0. The van der Waals surface area contributed by atoms with Gasteiger partial charge in [-0.1, -0.05) is 6.07 Å². The molecule has 2 aromatic rings. The Bertz CT molecular complexity index is 528. The van der Waals surface area contributed by atoms with Crippen molar-refractivity contribution in [3.05, 3.63) is 30.6 Å². The van der Waals surface area contributed by atoms with Crippen molar-refractivity contribution in [1.29, 1.82) is 0 Å². The van der Waals surface area contributed by atoms with Gasteiger partial charge in [0.15, 0.2) is 0 Å². The van der Waals surface area contributed by atoms with E-state index < -0.39 is 0 Å². The summed E-state index contributed by atoms with van der Waals surface area (Å²) < 4.78 is 1.76. The third kappa shape index (κ3) is 1.78. The van der Waals surface area contributed by atoms with Crippen molar-refractivity contribution in [1.82, 2.24) is 9.61 Å². The lowest BCUT2D eigenvalue weighted by molar-refractivity contribution is -0.116. The number of amides is 1. The highest BCUT2D eigenvalue weighted by Crippen LogP contribution is 2.32. The van der Waals surface area contributed by atoms with Gasteiger partial charge in [-0.2, -0.15) is 5.10 Å². The highest BCUT2D eigenvalue weighted by Gasteiger charge is 2.24. The standard InChI is InChI=1S/C12H13N3O/c16-12(7-9-4-5-9)14-10-8-13-15-6-2-1-3-11(10)15/h1-3,6,8-9H,4-5,7H2,(H,14,16). The van der Waals surface area contributed by atoms with E-state index in [0.29, 0.717) is 12.3 Å². The van der Waals surface area contributed by atoms with Gasteiger partial charge in [-0.15, -0.1) is 0 Å². The largest absolute Gasteiger partial charge is 0.323 e. The number of aromatic nitrogens is 2. The molecule has 0 aliphatic heterocycles. The van der Waals surface area contributed by atoms with E-state index in [9.17, 15) is 4.79 Å². The van der Waals surface area contributed by atoms with Crippen LogP contribution in [0.2, 0.25) is 0 Å². The van der Waals surface area contributed by atoms with Crippen molar-refractivity contribution >= 4 is 17.1 Å². The monoisotopic (exact) mass is 215 g/mol. The minimum atomic E-state index is 0.0984. The van der Waals surface area contributed by atoms with E-state index in [1.165, 1.54) is 12.8 Å². The van der Waals surface area contributed by atoms with Crippen LogP contribution in [0.3, 0.4) is 0 Å². The number of hydrogen-bond donors (Lipinski definition) is 1. The zero-order valence-electron chi connectivity index (χ0n) is 8.89. The second-order valence-electron chi connectivity index (χ2n) is 4.28. The summed E-state index contributed by atoms with van der Waals surface area (Å²) in [7, 11) is 0. The molecule has 1 saturated carbocycles. The molecule has 16 heavy (non-hydrogen) atoms. The average molecular weight is 215 g/mol. The van der Waals surface area contributed by atoms with Gasteiger partial charge >= 0.3 is 0 Å². The predicted octanol–water partition coefficient (Wildman–Crippen LogP) is 2.07. The van der Waals surface area contributed by atoms with Gasteiger partial charge in [-0.05, 0) is 30.9 Å². The molecule has 1 N–H and O–H groups in total. The summed E-state index contributed by atoms with van der Waals surface area (Å²) in [6, 6.07) is 5.79. The van der Waals surface area contributed by atoms with Crippen LogP contribution < -0.4 is 5.32 Å². The Labute approximate surface area is 93.3 Å². The second-order valence-corrected chi connectivity index (χ2v) is 4.28. The van der Waals surface area contributed by atoms with E-state index in [0.717, 1.165) is 11.2 Å². The van der Waals surface area contributed by atoms with Crippen molar-refractivity contribution < 1.29 is 4.79 Å². The normalized spacial score (nSPS) is 15.2. The van der Waals surface area contributed by atoms with Gasteiger partial charge in [0, 0.05) is 12.6 Å². The molecule has 2 heterocycles. The second kappa shape index (κ2) is 3.63. The number of rotatable bonds is 3. The van der Waals surface area contributed by atoms with Crippen molar-refractivity contribution in [3.8, 4) is 0 Å². The number of fused-ring (bicyclic) bond motifs is 1. The Hall–Kier alpha value is -1.84. The van der Waals surface area contributed by atoms with Gasteiger partial charge in [0.25, 0.3) is 0 Å². The minimum Gasteiger partial charge on any atom is -0.323 e. The Morgan fingerprint density at radius 3 is 3.19 bits per heavy atom. The lowest BCUT2D eigenvalue weighted by atomic mass is 10.2. The number of carbonyl (C=O) groups is 1. The van der Waals surface area contributed by atoms with Crippen LogP contribution in [0.4, 0.5) is 5.69 Å². The Morgan fingerprint density at radius 2 is 2.38 bits per heavy atom. The van der Waals surface area contributed by atoms with E-state index in [4.69, 9.17) is 0 Å². The fourth-order valence-electron chi connectivity index (χ4n) is 1.82. The van der Waals surface area contributed by atoms with Gasteiger partial charge in [0.2, 0.25) is 5.91 Å². The quantitative estimate of drug-likeness (QED) is 0.852. The maximum Gasteiger partial charge on any atom is 0.224 e. The van der Waals surface area contributed by atoms with Crippen LogP contribution in [0.15, 0.2) is 30.6 Å². The van der Waals surface area contributed by atoms with Crippen LogP contribution in [-0.4, -0.2) is 15.5 Å². The molecule has 4 nitrogen and oxygen atoms in total. The summed E-state index contributed by atoms with van der Waals surface area (Å²) in [5.74, 6) is 0.711. The van der Waals surface area contributed by atoms with E-state index in [1.807, 2.05) is 24.4 Å². The first-order valence-electron chi connectivity index (χ1n) is 5.55. The van der Waals surface area contributed by atoms with Gasteiger partial charge in [-0.3, -0.25) is 4.79 Å². The topological polar surface area (TPSA) is 46.4 Å². The first-order valence-corrected chi connectivity index (χ1v) is 5.55. The predicted molar refractivity (Wildman–Crippen MR) is 61.2 cm³/mol. The van der Waals surface area contributed by atoms with E-state index in [-0.39, 0.29) is 5.91 Å². The van der Waals surface area contributed by atoms with Crippen molar-refractivity contribution in [2.75, 3.05) is 5.32 Å². The maximum absolute atomic E-state index is 11.7. The number of anilines is 1. The van der Waals surface area contributed by atoms with Crippen molar-refractivity contribution in [2.24, 2.45) is 5.92 Å². The van der Waals surface area contributed by atoms with E-state index in [1.54, 1.807) is 10.7 Å². The Morgan fingerprint density at radius 1 is 1.50 bits per heavy atom. The highest BCUT2D eigenvalue weighted by molar-refractivity contribution is 5.95. The summed E-state index contributed by atoms with van der Waals surface area (Å²) in [6.07, 6.45) is 6.60. The van der Waals surface area contributed by atoms with Crippen LogP contribution in [0, 0.1) is 5.92 Å². The number of hydrogen-bond acceptors (Lipinski definition) is 2. The lowest BCUT2D eigenvalue weighted by Gasteiger charge is -2.01. The molecule has 4 heteroatoms. The number of carbonyl (C=O) groups excluding carboxylic acids is 1. The number of nitrogens with one attached hydrogen (secondary N) is 1. The lowest BCUT2D eigenvalue weighted by Crippen LogP contribution is -2.11. The first-order chi connectivity index (χ1) is 7.83. The number of nitrogens with zero attached hydrogens (tertiary/aromatic N) is 2. The minimum absolute atomic E-state index is 0.0984. The molecule has 0 bridgehead atoms. The van der Waals surface area contributed by atoms with Crippen LogP contribution in [0.5, 0.6) is 0 Å². The highest BCUT2D eigenvalue weighted by atomic mass is 16.1. The van der Waals surface area contributed by atoms with Gasteiger partial charge in [0.05, 0.1) is 17.4 Å². The first kappa shape index (κ1) is 9.39. The molecular weight excluding hydrogens is 202 g/mol. The van der Waals surface area contributed by atoms with Gasteiger partial charge in [0.1, 0.15) is 0 Å². The van der Waals surface area contributed by atoms with Crippen LogP contribution in [-0.2, 0) is 4.79 Å². The Kier molecular flexibility index (Phi) is 2.13.